The van der Waals surface area contributed by atoms with E-state index in [1.54, 1.807) is 19.9 Å². The van der Waals surface area contributed by atoms with Gasteiger partial charge in [-0.05, 0) is 38.3 Å². The molecule has 2 atom stereocenters. The average Bonchev–Trinajstić information content (AvgIpc) is 2.17. The van der Waals surface area contributed by atoms with Gasteiger partial charge in [0.15, 0.2) is 0 Å². The molecule has 0 heterocycles. The number of carbonyl (C=O) groups excluding carboxylic acids is 1. The van der Waals surface area contributed by atoms with Crippen molar-refractivity contribution in [3.63, 3.8) is 0 Å². The molecule has 0 rings (SSSR count). The van der Waals surface area contributed by atoms with Gasteiger partial charge in [0.2, 0.25) is 0 Å². The van der Waals surface area contributed by atoms with Crippen LogP contribution in [0.5, 0.6) is 0 Å². The summed E-state index contributed by atoms with van der Waals surface area (Å²) in [4.78, 5) is 15.2. The highest BCUT2D eigenvalue weighted by Crippen LogP contribution is 2.22. The first-order valence-electron chi connectivity index (χ1n) is 5.13. The average molecular weight is 228 g/mol. The van der Waals surface area contributed by atoms with E-state index >= 15 is 0 Å². The van der Waals surface area contributed by atoms with Gasteiger partial charge >= 0.3 is 5.97 Å². The Labute approximate surface area is 96.5 Å². The van der Waals surface area contributed by atoms with Crippen LogP contribution >= 0.6 is 0 Å². The monoisotopic (exact) mass is 228 g/mol. The molecular weight excluding hydrogens is 208 g/mol. The fraction of sp³-hybridized carbons (Fsp3) is 0.583. The molecule has 92 valence electrons. The Balaban J connectivity index is 4.37. The Hall–Kier alpha value is -1.13. The van der Waals surface area contributed by atoms with E-state index in [0.29, 0.717) is 12.8 Å². The van der Waals surface area contributed by atoms with E-state index in [1.807, 2.05) is 0 Å². The van der Waals surface area contributed by atoms with E-state index < -0.39 is 11.7 Å². The number of esters is 1. The van der Waals surface area contributed by atoms with Crippen LogP contribution in [0.4, 0.5) is 0 Å². The van der Waals surface area contributed by atoms with Crippen molar-refractivity contribution in [3.8, 4) is 0 Å². The molecule has 0 spiro atoms. The van der Waals surface area contributed by atoms with Gasteiger partial charge in [-0.1, -0.05) is 13.2 Å². The molecule has 0 aromatic carbocycles. The van der Waals surface area contributed by atoms with E-state index in [-0.39, 0.29) is 5.97 Å². The fourth-order valence-corrected chi connectivity index (χ4v) is 1.33. The second kappa shape index (κ2) is 6.45. The third kappa shape index (κ3) is 5.09. The van der Waals surface area contributed by atoms with Crippen LogP contribution in [0, 0.1) is 0 Å². The molecule has 0 bridgehead atoms. The molecule has 16 heavy (non-hydrogen) atoms. The van der Waals surface area contributed by atoms with Crippen LogP contribution in [0.2, 0.25) is 0 Å². The van der Waals surface area contributed by atoms with Gasteiger partial charge in [0, 0.05) is 6.92 Å². The van der Waals surface area contributed by atoms with Gasteiger partial charge in [0.1, 0.15) is 11.7 Å². The van der Waals surface area contributed by atoms with Crippen LogP contribution in [0.1, 0.15) is 33.6 Å². The lowest BCUT2D eigenvalue weighted by Gasteiger charge is -2.26. The molecule has 0 fully saturated rings. The zero-order chi connectivity index (χ0) is 12.8. The van der Waals surface area contributed by atoms with Crippen molar-refractivity contribution in [1.29, 1.82) is 0 Å². The minimum absolute atomic E-state index is 0.362. The lowest BCUT2D eigenvalue weighted by atomic mass is 9.96. The minimum Gasteiger partial charge on any atom is -0.455 e. The molecule has 0 aliphatic heterocycles. The number of rotatable bonds is 7. The van der Waals surface area contributed by atoms with Gasteiger partial charge in [-0.15, -0.1) is 0 Å². The Morgan fingerprint density at radius 1 is 1.56 bits per heavy atom. The van der Waals surface area contributed by atoms with Gasteiger partial charge in [-0.3, -0.25) is 10.1 Å². The Morgan fingerprint density at radius 2 is 2.12 bits per heavy atom. The maximum Gasteiger partial charge on any atom is 0.303 e. The highest BCUT2D eigenvalue weighted by molar-refractivity contribution is 5.66. The van der Waals surface area contributed by atoms with Crippen molar-refractivity contribution >= 4 is 5.97 Å². The fourth-order valence-electron chi connectivity index (χ4n) is 1.33. The molecule has 4 nitrogen and oxygen atoms in total. The van der Waals surface area contributed by atoms with Crippen molar-refractivity contribution in [3.05, 3.63) is 24.8 Å². The first-order chi connectivity index (χ1) is 7.34. The van der Waals surface area contributed by atoms with Gasteiger partial charge in [-0.2, -0.15) is 0 Å². The van der Waals surface area contributed by atoms with Gasteiger partial charge < -0.3 is 4.74 Å². The lowest BCUT2D eigenvalue weighted by Crippen LogP contribution is -2.30. The third-order valence-electron chi connectivity index (χ3n) is 2.39. The zero-order valence-electron chi connectivity index (χ0n) is 10.2. The summed E-state index contributed by atoms with van der Waals surface area (Å²) >= 11 is 0. The molecule has 0 saturated heterocycles. The summed E-state index contributed by atoms with van der Waals surface area (Å²) in [5.41, 5.74) is -0.0188. The third-order valence-corrected chi connectivity index (χ3v) is 2.39. The van der Waals surface area contributed by atoms with Crippen LogP contribution in [-0.2, 0) is 14.4 Å². The van der Waals surface area contributed by atoms with E-state index in [9.17, 15) is 4.79 Å². The first kappa shape index (κ1) is 14.9. The Morgan fingerprint density at radius 3 is 2.44 bits per heavy atom. The van der Waals surface area contributed by atoms with E-state index in [4.69, 9.17) is 9.99 Å². The number of hydrogen-bond donors (Lipinski definition) is 1. The smallest absolute Gasteiger partial charge is 0.303 e. The summed E-state index contributed by atoms with van der Waals surface area (Å²) in [7, 11) is 0. The topological polar surface area (TPSA) is 55.8 Å². The van der Waals surface area contributed by atoms with Crippen LogP contribution in [0.15, 0.2) is 24.8 Å². The zero-order valence-corrected chi connectivity index (χ0v) is 10.2. The molecule has 1 N–H and O–H groups in total. The molecular formula is C12H20O4. The highest BCUT2D eigenvalue weighted by atomic mass is 17.1. The first-order valence-corrected chi connectivity index (χ1v) is 5.13. The standard InChI is InChI=1S/C12H20O4/c1-6-12(5,15-10(4)13)8-7-11(16-14)9(2)3/h6,11,14H,1-2,7-8H2,3-5H3/t11-,12+/m0/s1. The lowest BCUT2D eigenvalue weighted by molar-refractivity contribution is -0.270. The quantitative estimate of drug-likeness (QED) is 0.315. The number of ether oxygens (including phenoxy) is 1. The molecule has 0 aliphatic carbocycles. The molecule has 0 amide bonds. The van der Waals surface area contributed by atoms with Crippen LogP contribution < -0.4 is 0 Å². The summed E-state index contributed by atoms with van der Waals surface area (Å²) in [6.45, 7) is 12.2. The molecule has 0 aromatic rings. The van der Waals surface area contributed by atoms with Crippen molar-refractivity contribution in [2.45, 2.75) is 45.3 Å². The van der Waals surface area contributed by atoms with Gasteiger partial charge in [-0.25, -0.2) is 4.89 Å². The summed E-state index contributed by atoms with van der Waals surface area (Å²) < 4.78 is 5.14. The number of hydrogen-bond acceptors (Lipinski definition) is 4. The van der Waals surface area contributed by atoms with E-state index in [2.05, 4.69) is 18.0 Å². The van der Waals surface area contributed by atoms with Gasteiger partial charge in [0.25, 0.3) is 0 Å². The van der Waals surface area contributed by atoms with Crippen molar-refractivity contribution in [1.82, 2.24) is 0 Å². The maximum absolute atomic E-state index is 10.9. The van der Waals surface area contributed by atoms with Crippen molar-refractivity contribution in [2.75, 3.05) is 0 Å². The summed E-state index contributed by atoms with van der Waals surface area (Å²) in [5, 5.41) is 8.65. The molecule has 0 aliphatic rings. The molecule has 0 unspecified atom stereocenters. The second-order valence-electron chi connectivity index (χ2n) is 4.09. The summed E-state index contributed by atoms with van der Waals surface area (Å²) in [6, 6.07) is 0. The predicted octanol–water partition coefficient (Wildman–Crippen LogP) is 2.71. The predicted molar refractivity (Wildman–Crippen MR) is 61.9 cm³/mol. The van der Waals surface area contributed by atoms with Crippen LogP contribution in [-0.4, -0.2) is 22.9 Å². The molecule has 0 radical (unpaired) electrons. The Bertz CT molecular complexity index is 272. The normalized spacial score (nSPS) is 16.0. The molecule has 0 aromatic heterocycles. The molecule has 4 heteroatoms. The van der Waals surface area contributed by atoms with E-state index in [0.717, 1.165) is 5.57 Å². The van der Waals surface area contributed by atoms with Crippen LogP contribution in [0.25, 0.3) is 0 Å². The van der Waals surface area contributed by atoms with Crippen LogP contribution in [0.3, 0.4) is 0 Å². The largest absolute Gasteiger partial charge is 0.455 e. The Kier molecular flexibility index (Phi) is 6.00. The molecule has 0 saturated carbocycles. The SMILES string of the molecule is C=C[C@](C)(CC[C@H](OO)C(=C)C)OC(C)=O. The minimum atomic E-state index is -0.738. The second-order valence-corrected chi connectivity index (χ2v) is 4.09. The number of carbonyl (C=O) groups is 1. The van der Waals surface area contributed by atoms with E-state index in [1.165, 1.54) is 6.92 Å². The maximum atomic E-state index is 10.9. The summed E-state index contributed by atoms with van der Waals surface area (Å²) in [6.07, 6.45) is 2.13. The van der Waals surface area contributed by atoms with Crippen molar-refractivity contribution < 1.29 is 19.7 Å². The summed E-state index contributed by atoms with van der Waals surface area (Å²) in [5.74, 6) is -0.362. The van der Waals surface area contributed by atoms with Crippen molar-refractivity contribution in [2.24, 2.45) is 0 Å². The highest BCUT2D eigenvalue weighted by Gasteiger charge is 2.25. The van der Waals surface area contributed by atoms with Gasteiger partial charge in [0.05, 0.1) is 0 Å².